The molecule has 6 heteroatoms. The summed E-state index contributed by atoms with van der Waals surface area (Å²) in [4.78, 5) is 10.0. The molecule has 0 amide bonds. The van der Waals surface area contributed by atoms with Crippen LogP contribution in [0.2, 0.25) is 0 Å². The van der Waals surface area contributed by atoms with Gasteiger partial charge in [0.1, 0.15) is 18.0 Å². The van der Waals surface area contributed by atoms with Gasteiger partial charge in [0.2, 0.25) is 0 Å². The molecule has 1 heterocycles. The quantitative estimate of drug-likeness (QED) is 0.658. The van der Waals surface area contributed by atoms with Gasteiger partial charge in [-0.3, -0.25) is 14.8 Å². The molecule has 2 rings (SSSR count). The second-order valence-electron chi connectivity index (χ2n) is 4.29. The Bertz CT molecular complexity index is 549. The predicted octanol–water partition coefficient (Wildman–Crippen LogP) is 1.70. The van der Waals surface area contributed by atoms with Crippen LogP contribution in [-0.4, -0.2) is 19.8 Å². The zero-order valence-corrected chi connectivity index (χ0v) is 9.85. The van der Waals surface area contributed by atoms with Crippen LogP contribution in [0.1, 0.15) is 12.5 Å². The van der Waals surface area contributed by atoms with Crippen LogP contribution in [0.15, 0.2) is 42.7 Å². The standard InChI is InChI=1S/C12H13N3O3/c1-12(16,10-5-3-2-4-6-10)9-14-8-11(7-13-14)15(17)18/h2-8,16H,9H2,1H3. The molecule has 0 aliphatic heterocycles. The summed E-state index contributed by atoms with van der Waals surface area (Å²) in [5.74, 6) is 0. The molecule has 94 valence electrons. The summed E-state index contributed by atoms with van der Waals surface area (Å²) in [6, 6.07) is 9.12. The van der Waals surface area contributed by atoms with Crippen molar-refractivity contribution in [2.75, 3.05) is 0 Å². The van der Waals surface area contributed by atoms with Crippen LogP contribution in [0.5, 0.6) is 0 Å². The molecule has 18 heavy (non-hydrogen) atoms. The first-order chi connectivity index (χ1) is 8.49. The lowest BCUT2D eigenvalue weighted by atomic mass is 9.96. The Hall–Kier alpha value is -2.21. The molecule has 6 nitrogen and oxygen atoms in total. The highest BCUT2D eigenvalue weighted by Crippen LogP contribution is 2.22. The molecule has 0 spiro atoms. The number of nitro groups is 1. The normalized spacial score (nSPS) is 14.1. The van der Waals surface area contributed by atoms with E-state index in [9.17, 15) is 15.2 Å². The van der Waals surface area contributed by atoms with Crippen LogP contribution in [-0.2, 0) is 12.1 Å². The van der Waals surface area contributed by atoms with Crippen molar-refractivity contribution in [2.24, 2.45) is 0 Å². The van der Waals surface area contributed by atoms with Crippen LogP contribution < -0.4 is 0 Å². The van der Waals surface area contributed by atoms with E-state index in [0.29, 0.717) is 0 Å². The Labute approximate surface area is 104 Å². The molecule has 1 atom stereocenters. The second kappa shape index (κ2) is 4.58. The van der Waals surface area contributed by atoms with Crippen molar-refractivity contribution < 1.29 is 10.0 Å². The smallest absolute Gasteiger partial charge is 0.306 e. The van der Waals surface area contributed by atoms with Gasteiger partial charge >= 0.3 is 5.69 Å². The van der Waals surface area contributed by atoms with Gasteiger partial charge in [-0.05, 0) is 12.5 Å². The van der Waals surface area contributed by atoms with Crippen LogP contribution in [0.25, 0.3) is 0 Å². The SMILES string of the molecule is CC(O)(Cn1cc([N+](=O)[O-])cn1)c1ccccc1. The van der Waals surface area contributed by atoms with Gasteiger partial charge in [0.25, 0.3) is 0 Å². The first-order valence-corrected chi connectivity index (χ1v) is 5.44. The number of nitrogens with zero attached hydrogens (tertiary/aromatic N) is 3. The summed E-state index contributed by atoms with van der Waals surface area (Å²) >= 11 is 0. The summed E-state index contributed by atoms with van der Waals surface area (Å²) < 4.78 is 1.37. The van der Waals surface area contributed by atoms with Gasteiger partial charge in [0.15, 0.2) is 0 Å². The minimum atomic E-state index is -1.12. The maximum Gasteiger partial charge on any atom is 0.306 e. The van der Waals surface area contributed by atoms with Gasteiger partial charge in [-0.2, -0.15) is 5.10 Å². The van der Waals surface area contributed by atoms with Crippen molar-refractivity contribution >= 4 is 5.69 Å². The number of aliphatic hydroxyl groups is 1. The van der Waals surface area contributed by atoms with Gasteiger partial charge < -0.3 is 5.11 Å². The Morgan fingerprint density at radius 2 is 2.11 bits per heavy atom. The van der Waals surface area contributed by atoms with E-state index in [1.54, 1.807) is 19.1 Å². The summed E-state index contributed by atoms with van der Waals surface area (Å²) in [6.07, 6.45) is 2.47. The maximum atomic E-state index is 10.5. The summed E-state index contributed by atoms with van der Waals surface area (Å²) in [6.45, 7) is 1.81. The fraction of sp³-hybridized carbons (Fsp3) is 0.250. The van der Waals surface area contributed by atoms with E-state index in [4.69, 9.17) is 0 Å². The Kier molecular flexibility index (Phi) is 3.12. The highest BCUT2D eigenvalue weighted by atomic mass is 16.6. The van der Waals surface area contributed by atoms with E-state index in [1.807, 2.05) is 18.2 Å². The lowest BCUT2D eigenvalue weighted by Crippen LogP contribution is -2.27. The van der Waals surface area contributed by atoms with Gasteiger partial charge in [-0.15, -0.1) is 0 Å². The monoisotopic (exact) mass is 247 g/mol. The van der Waals surface area contributed by atoms with Gasteiger partial charge in [-0.25, -0.2) is 0 Å². The topological polar surface area (TPSA) is 81.2 Å². The third-order valence-electron chi connectivity index (χ3n) is 2.70. The van der Waals surface area contributed by atoms with E-state index in [0.717, 1.165) is 5.56 Å². The van der Waals surface area contributed by atoms with Crippen molar-refractivity contribution in [2.45, 2.75) is 19.1 Å². The molecule has 0 saturated carbocycles. The summed E-state index contributed by atoms with van der Waals surface area (Å²) in [5, 5.41) is 24.8. The Balaban J connectivity index is 2.19. The number of hydrogen-bond donors (Lipinski definition) is 1. The predicted molar refractivity (Wildman–Crippen MR) is 64.9 cm³/mol. The molecular formula is C12H13N3O3. The van der Waals surface area contributed by atoms with Crippen LogP contribution in [0.3, 0.4) is 0 Å². The lowest BCUT2D eigenvalue weighted by Gasteiger charge is -2.23. The molecule has 1 N–H and O–H groups in total. The first-order valence-electron chi connectivity index (χ1n) is 5.44. The van der Waals surface area contributed by atoms with Crippen LogP contribution in [0, 0.1) is 10.1 Å². The number of benzene rings is 1. The fourth-order valence-corrected chi connectivity index (χ4v) is 1.74. The van der Waals surface area contributed by atoms with Crippen molar-refractivity contribution in [3.05, 3.63) is 58.4 Å². The molecular weight excluding hydrogens is 234 g/mol. The van der Waals surface area contributed by atoms with E-state index >= 15 is 0 Å². The Morgan fingerprint density at radius 3 is 2.67 bits per heavy atom. The van der Waals surface area contributed by atoms with Gasteiger partial charge in [-0.1, -0.05) is 30.3 Å². The van der Waals surface area contributed by atoms with Crippen molar-refractivity contribution in [3.63, 3.8) is 0 Å². The van der Waals surface area contributed by atoms with E-state index < -0.39 is 10.5 Å². The average Bonchev–Trinajstić information content (AvgIpc) is 2.78. The van der Waals surface area contributed by atoms with Crippen molar-refractivity contribution in [3.8, 4) is 0 Å². The highest BCUT2D eigenvalue weighted by molar-refractivity contribution is 5.23. The average molecular weight is 247 g/mol. The molecule has 1 aromatic carbocycles. The van der Waals surface area contributed by atoms with Crippen LogP contribution >= 0.6 is 0 Å². The number of aromatic nitrogens is 2. The minimum absolute atomic E-state index is 0.0844. The van der Waals surface area contributed by atoms with Crippen LogP contribution in [0.4, 0.5) is 5.69 Å². The Morgan fingerprint density at radius 1 is 1.44 bits per heavy atom. The van der Waals surface area contributed by atoms with Gasteiger partial charge in [0, 0.05) is 0 Å². The minimum Gasteiger partial charge on any atom is -0.384 e. The van der Waals surface area contributed by atoms with Gasteiger partial charge in [0.05, 0.1) is 11.5 Å². The third kappa shape index (κ3) is 2.54. The zero-order chi connectivity index (χ0) is 13.2. The lowest BCUT2D eigenvalue weighted by molar-refractivity contribution is -0.385. The molecule has 0 aliphatic carbocycles. The van der Waals surface area contributed by atoms with E-state index in [2.05, 4.69) is 5.10 Å². The summed E-state index contributed by atoms with van der Waals surface area (Å²) in [5.41, 5.74) is -0.469. The highest BCUT2D eigenvalue weighted by Gasteiger charge is 2.24. The largest absolute Gasteiger partial charge is 0.384 e. The number of hydrogen-bond acceptors (Lipinski definition) is 4. The molecule has 1 unspecified atom stereocenters. The van der Waals surface area contributed by atoms with E-state index in [1.165, 1.54) is 17.1 Å². The molecule has 0 radical (unpaired) electrons. The molecule has 1 aromatic heterocycles. The third-order valence-corrected chi connectivity index (χ3v) is 2.70. The molecule has 0 saturated heterocycles. The summed E-state index contributed by atoms with van der Waals surface area (Å²) in [7, 11) is 0. The molecule has 0 aliphatic rings. The van der Waals surface area contributed by atoms with Crippen molar-refractivity contribution in [1.82, 2.24) is 9.78 Å². The van der Waals surface area contributed by atoms with E-state index in [-0.39, 0.29) is 12.2 Å². The fourth-order valence-electron chi connectivity index (χ4n) is 1.74. The molecule has 0 fully saturated rings. The zero-order valence-electron chi connectivity index (χ0n) is 9.85. The maximum absolute atomic E-state index is 10.5. The van der Waals surface area contributed by atoms with Crippen molar-refractivity contribution in [1.29, 1.82) is 0 Å². The molecule has 0 bridgehead atoms. The number of rotatable bonds is 4. The molecule has 2 aromatic rings. The first kappa shape index (κ1) is 12.3. The second-order valence-corrected chi connectivity index (χ2v) is 4.29.